The van der Waals surface area contributed by atoms with Crippen LogP contribution in [0.5, 0.6) is 0 Å². The summed E-state index contributed by atoms with van der Waals surface area (Å²) in [5, 5.41) is 21.2. The standard InChI is InChI=1S/C11H23NO2/c1-3-9-4-5-11(8(9)2)12-6-10(14)7-13/h8-14H,3-7H2,1-2H3. The first-order valence-electron chi connectivity index (χ1n) is 5.71. The normalized spacial score (nSPS) is 34.7. The summed E-state index contributed by atoms with van der Waals surface area (Å²) in [7, 11) is 0. The molecule has 0 amide bonds. The van der Waals surface area contributed by atoms with Crippen molar-refractivity contribution in [3.8, 4) is 0 Å². The van der Waals surface area contributed by atoms with Crippen molar-refractivity contribution in [1.82, 2.24) is 5.32 Å². The monoisotopic (exact) mass is 201 g/mol. The molecular formula is C11H23NO2. The Balaban J connectivity index is 2.26. The average Bonchev–Trinajstić information content (AvgIpc) is 2.56. The molecule has 4 atom stereocenters. The smallest absolute Gasteiger partial charge is 0.0895 e. The zero-order valence-electron chi connectivity index (χ0n) is 9.24. The molecule has 84 valence electrons. The maximum Gasteiger partial charge on any atom is 0.0895 e. The van der Waals surface area contributed by atoms with E-state index in [2.05, 4.69) is 19.2 Å². The highest BCUT2D eigenvalue weighted by atomic mass is 16.3. The van der Waals surface area contributed by atoms with E-state index in [1.165, 1.54) is 19.3 Å². The molecule has 1 saturated carbocycles. The Morgan fingerprint density at radius 2 is 2.14 bits per heavy atom. The van der Waals surface area contributed by atoms with E-state index in [4.69, 9.17) is 5.11 Å². The minimum absolute atomic E-state index is 0.148. The Labute approximate surface area is 86.5 Å². The number of nitrogens with one attached hydrogen (secondary N) is 1. The Morgan fingerprint density at radius 1 is 1.43 bits per heavy atom. The molecule has 0 spiro atoms. The highest BCUT2D eigenvalue weighted by molar-refractivity contribution is 4.86. The average molecular weight is 201 g/mol. The van der Waals surface area contributed by atoms with E-state index in [0.29, 0.717) is 18.5 Å². The molecule has 0 aromatic carbocycles. The second kappa shape index (κ2) is 5.69. The SMILES string of the molecule is CCC1CCC(NCC(O)CO)C1C. The molecule has 1 rings (SSSR count). The van der Waals surface area contributed by atoms with E-state index in [9.17, 15) is 5.11 Å². The van der Waals surface area contributed by atoms with Gasteiger partial charge in [0, 0.05) is 12.6 Å². The zero-order chi connectivity index (χ0) is 10.6. The van der Waals surface area contributed by atoms with Gasteiger partial charge in [0.25, 0.3) is 0 Å². The third-order valence-electron chi connectivity index (χ3n) is 3.58. The first-order chi connectivity index (χ1) is 6.69. The van der Waals surface area contributed by atoms with Gasteiger partial charge >= 0.3 is 0 Å². The third-order valence-corrected chi connectivity index (χ3v) is 3.58. The van der Waals surface area contributed by atoms with E-state index in [0.717, 1.165) is 5.92 Å². The quantitative estimate of drug-likeness (QED) is 0.615. The van der Waals surface area contributed by atoms with Crippen molar-refractivity contribution in [3.05, 3.63) is 0 Å². The molecule has 1 fully saturated rings. The van der Waals surface area contributed by atoms with Crippen LogP contribution in [0.2, 0.25) is 0 Å². The molecule has 0 radical (unpaired) electrons. The van der Waals surface area contributed by atoms with Crippen LogP contribution in [0, 0.1) is 11.8 Å². The van der Waals surface area contributed by atoms with Crippen molar-refractivity contribution in [1.29, 1.82) is 0 Å². The fraction of sp³-hybridized carbons (Fsp3) is 1.00. The number of rotatable bonds is 5. The molecule has 0 aromatic rings. The van der Waals surface area contributed by atoms with Crippen LogP contribution < -0.4 is 5.32 Å². The summed E-state index contributed by atoms with van der Waals surface area (Å²) in [5.41, 5.74) is 0. The van der Waals surface area contributed by atoms with Gasteiger partial charge in [0.2, 0.25) is 0 Å². The molecule has 3 N–H and O–H groups in total. The van der Waals surface area contributed by atoms with Gasteiger partial charge in [0.1, 0.15) is 0 Å². The number of hydrogen-bond donors (Lipinski definition) is 3. The maximum absolute atomic E-state index is 9.22. The molecule has 1 aliphatic carbocycles. The summed E-state index contributed by atoms with van der Waals surface area (Å²) in [6.07, 6.45) is 3.15. The van der Waals surface area contributed by atoms with Crippen molar-refractivity contribution >= 4 is 0 Å². The van der Waals surface area contributed by atoms with Crippen molar-refractivity contribution in [2.75, 3.05) is 13.2 Å². The molecule has 3 nitrogen and oxygen atoms in total. The molecular weight excluding hydrogens is 178 g/mol. The predicted molar refractivity (Wildman–Crippen MR) is 57.1 cm³/mol. The Morgan fingerprint density at radius 3 is 2.64 bits per heavy atom. The molecule has 14 heavy (non-hydrogen) atoms. The fourth-order valence-corrected chi connectivity index (χ4v) is 2.46. The summed E-state index contributed by atoms with van der Waals surface area (Å²) >= 11 is 0. The summed E-state index contributed by atoms with van der Waals surface area (Å²) in [5.74, 6) is 1.53. The lowest BCUT2D eigenvalue weighted by Gasteiger charge is -2.22. The molecule has 4 unspecified atom stereocenters. The summed E-state index contributed by atoms with van der Waals surface area (Å²) in [4.78, 5) is 0. The molecule has 0 saturated heterocycles. The van der Waals surface area contributed by atoms with E-state index in [1.807, 2.05) is 0 Å². The zero-order valence-corrected chi connectivity index (χ0v) is 9.24. The Bertz CT molecular complexity index is 163. The second-order valence-electron chi connectivity index (χ2n) is 4.46. The van der Waals surface area contributed by atoms with Crippen LogP contribution in [0.4, 0.5) is 0 Å². The number of hydrogen-bond acceptors (Lipinski definition) is 3. The summed E-state index contributed by atoms with van der Waals surface area (Å²) in [6, 6.07) is 0.529. The van der Waals surface area contributed by atoms with Crippen molar-refractivity contribution in [2.45, 2.75) is 45.3 Å². The van der Waals surface area contributed by atoms with Gasteiger partial charge in [-0.15, -0.1) is 0 Å². The third kappa shape index (κ3) is 2.94. The number of aliphatic hydroxyl groups excluding tert-OH is 2. The first-order valence-corrected chi connectivity index (χ1v) is 5.71. The lowest BCUT2D eigenvalue weighted by atomic mass is 9.93. The minimum Gasteiger partial charge on any atom is -0.394 e. The van der Waals surface area contributed by atoms with Gasteiger partial charge in [-0.3, -0.25) is 0 Å². The number of aliphatic hydroxyl groups is 2. The van der Waals surface area contributed by atoms with Gasteiger partial charge in [0.05, 0.1) is 12.7 Å². The van der Waals surface area contributed by atoms with Gasteiger partial charge < -0.3 is 15.5 Å². The lowest BCUT2D eigenvalue weighted by Crippen LogP contribution is -2.39. The fourth-order valence-electron chi connectivity index (χ4n) is 2.46. The molecule has 0 aromatic heterocycles. The van der Waals surface area contributed by atoms with Gasteiger partial charge in [-0.05, 0) is 24.7 Å². The summed E-state index contributed by atoms with van der Waals surface area (Å²) < 4.78 is 0. The molecule has 0 heterocycles. The molecule has 0 bridgehead atoms. The van der Waals surface area contributed by atoms with Crippen LogP contribution in [0.1, 0.15) is 33.1 Å². The van der Waals surface area contributed by atoms with Crippen molar-refractivity contribution in [3.63, 3.8) is 0 Å². The van der Waals surface area contributed by atoms with E-state index < -0.39 is 6.10 Å². The van der Waals surface area contributed by atoms with Crippen LogP contribution in [0.3, 0.4) is 0 Å². The summed E-state index contributed by atoms with van der Waals surface area (Å²) in [6.45, 7) is 4.89. The lowest BCUT2D eigenvalue weighted by molar-refractivity contribution is 0.0902. The van der Waals surface area contributed by atoms with Crippen molar-refractivity contribution < 1.29 is 10.2 Å². The van der Waals surface area contributed by atoms with E-state index >= 15 is 0 Å². The molecule has 0 aliphatic heterocycles. The predicted octanol–water partition coefficient (Wildman–Crippen LogP) is 0.754. The first kappa shape index (κ1) is 12.0. The van der Waals surface area contributed by atoms with Gasteiger partial charge in [-0.25, -0.2) is 0 Å². The highest BCUT2D eigenvalue weighted by Crippen LogP contribution is 2.33. The largest absolute Gasteiger partial charge is 0.394 e. The second-order valence-corrected chi connectivity index (χ2v) is 4.46. The maximum atomic E-state index is 9.22. The van der Waals surface area contributed by atoms with E-state index in [1.54, 1.807) is 0 Å². The van der Waals surface area contributed by atoms with Crippen LogP contribution >= 0.6 is 0 Å². The van der Waals surface area contributed by atoms with E-state index in [-0.39, 0.29) is 6.61 Å². The Kier molecular flexibility index (Phi) is 4.85. The van der Waals surface area contributed by atoms with Crippen LogP contribution in [-0.4, -0.2) is 35.5 Å². The van der Waals surface area contributed by atoms with Gasteiger partial charge in [0.15, 0.2) is 0 Å². The van der Waals surface area contributed by atoms with Crippen LogP contribution in [0.15, 0.2) is 0 Å². The van der Waals surface area contributed by atoms with Crippen molar-refractivity contribution in [2.24, 2.45) is 11.8 Å². The minimum atomic E-state index is -0.608. The van der Waals surface area contributed by atoms with Gasteiger partial charge in [-0.1, -0.05) is 20.3 Å². The van der Waals surface area contributed by atoms with Crippen LogP contribution in [0.25, 0.3) is 0 Å². The van der Waals surface area contributed by atoms with Crippen LogP contribution in [-0.2, 0) is 0 Å². The Hall–Kier alpha value is -0.120. The topological polar surface area (TPSA) is 52.5 Å². The van der Waals surface area contributed by atoms with Gasteiger partial charge in [-0.2, -0.15) is 0 Å². The molecule has 3 heteroatoms. The molecule has 1 aliphatic rings. The highest BCUT2D eigenvalue weighted by Gasteiger charge is 2.31.